The highest BCUT2D eigenvalue weighted by Crippen LogP contribution is 2.18. The first kappa shape index (κ1) is 13.4. The second kappa shape index (κ2) is 6.76. The van der Waals surface area contributed by atoms with Gasteiger partial charge in [-0.05, 0) is 43.4 Å². The molecule has 2 unspecified atom stereocenters. The molecule has 2 rings (SSSR count). The van der Waals surface area contributed by atoms with Crippen LogP contribution < -0.4 is 15.8 Å². The first-order valence-corrected chi connectivity index (χ1v) is 6.92. The van der Waals surface area contributed by atoms with Crippen LogP contribution >= 0.6 is 0 Å². The molecule has 1 saturated heterocycles. The van der Waals surface area contributed by atoms with Gasteiger partial charge in [-0.25, -0.2) is 0 Å². The number of benzene rings is 1. The van der Waals surface area contributed by atoms with E-state index in [1.54, 1.807) is 7.11 Å². The second-order valence-electron chi connectivity index (χ2n) is 5.14. The molecule has 2 atom stereocenters. The maximum atomic E-state index is 6.01. The molecule has 0 amide bonds. The molecule has 0 bridgehead atoms. The minimum Gasteiger partial charge on any atom is -0.497 e. The lowest BCUT2D eigenvalue weighted by molar-refractivity contribution is 0.410. The van der Waals surface area contributed by atoms with Gasteiger partial charge in [0, 0.05) is 6.04 Å². The van der Waals surface area contributed by atoms with E-state index in [0.717, 1.165) is 25.0 Å². The number of methoxy groups -OCH3 is 1. The molecule has 0 aromatic heterocycles. The molecule has 1 aliphatic rings. The average Bonchev–Trinajstić information content (AvgIpc) is 2.61. The van der Waals surface area contributed by atoms with E-state index in [9.17, 15) is 0 Å². The Hall–Kier alpha value is -1.06. The van der Waals surface area contributed by atoms with Gasteiger partial charge in [0.25, 0.3) is 0 Å². The molecular weight excluding hydrogens is 224 g/mol. The van der Waals surface area contributed by atoms with Crippen LogP contribution in [0, 0.1) is 0 Å². The standard InChI is InChI=1S/C15H24N2O/c1-18-14-7-4-5-12(11-14)9-10-13-6-2-3-8-15(16)17-13/h4-5,7,11,13,15,17H,2-3,6,8-10,16H2,1H3. The lowest BCUT2D eigenvalue weighted by Gasteiger charge is -2.19. The Balaban J connectivity index is 1.85. The maximum absolute atomic E-state index is 6.01. The summed E-state index contributed by atoms with van der Waals surface area (Å²) in [6.45, 7) is 0. The molecule has 3 N–H and O–H groups in total. The highest BCUT2D eigenvalue weighted by atomic mass is 16.5. The van der Waals surface area contributed by atoms with E-state index in [2.05, 4.69) is 23.5 Å². The van der Waals surface area contributed by atoms with E-state index < -0.39 is 0 Å². The fourth-order valence-corrected chi connectivity index (χ4v) is 2.62. The van der Waals surface area contributed by atoms with Gasteiger partial charge in [-0.3, -0.25) is 5.32 Å². The Bertz CT molecular complexity index is 367. The third kappa shape index (κ3) is 4.00. The number of ether oxygens (including phenoxy) is 1. The minimum atomic E-state index is 0.183. The summed E-state index contributed by atoms with van der Waals surface area (Å²) in [5.74, 6) is 0.943. The predicted octanol–water partition coefficient (Wildman–Crippen LogP) is 2.44. The van der Waals surface area contributed by atoms with Gasteiger partial charge in [0.15, 0.2) is 0 Å². The first-order valence-electron chi connectivity index (χ1n) is 6.92. The van der Waals surface area contributed by atoms with Crippen molar-refractivity contribution in [2.75, 3.05) is 7.11 Å². The molecule has 1 aliphatic heterocycles. The molecule has 1 aromatic carbocycles. The Morgan fingerprint density at radius 2 is 2.17 bits per heavy atom. The van der Waals surface area contributed by atoms with Crippen LogP contribution in [0.15, 0.2) is 24.3 Å². The van der Waals surface area contributed by atoms with E-state index in [-0.39, 0.29) is 6.17 Å². The van der Waals surface area contributed by atoms with Crippen LogP contribution in [0.5, 0.6) is 5.75 Å². The van der Waals surface area contributed by atoms with Crippen LogP contribution in [0.2, 0.25) is 0 Å². The molecule has 1 fully saturated rings. The molecule has 1 aromatic rings. The SMILES string of the molecule is COc1cccc(CCC2CCCCC(N)N2)c1. The van der Waals surface area contributed by atoms with Gasteiger partial charge >= 0.3 is 0 Å². The summed E-state index contributed by atoms with van der Waals surface area (Å²) >= 11 is 0. The molecule has 0 radical (unpaired) electrons. The summed E-state index contributed by atoms with van der Waals surface area (Å²) in [6, 6.07) is 8.90. The lowest BCUT2D eigenvalue weighted by atomic mass is 10.0. The van der Waals surface area contributed by atoms with Crippen molar-refractivity contribution in [3.63, 3.8) is 0 Å². The Morgan fingerprint density at radius 3 is 3.00 bits per heavy atom. The second-order valence-corrected chi connectivity index (χ2v) is 5.14. The molecule has 0 aliphatic carbocycles. The van der Waals surface area contributed by atoms with Gasteiger partial charge in [0.1, 0.15) is 5.75 Å². The smallest absolute Gasteiger partial charge is 0.119 e. The van der Waals surface area contributed by atoms with Gasteiger partial charge in [-0.2, -0.15) is 0 Å². The van der Waals surface area contributed by atoms with Gasteiger partial charge in [-0.1, -0.05) is 25.0 Å². The van der Waals surface area contributed by atoms with Crippen molar-refractivity contribution in [1.82, 2.24) is 5.32 Å². The van der Waals surface area contributed by atoms with Gasteiger partial charge in [0.05, 0.1) is 13.3 Å². The van der Waals surface area contributed by atoms with Crippen molar-refractivity contribution in [3.05, 3.63) is 29.8 Å². The highest BCUT2D eigenvalue weighted by molar-refractivity contribution is 5.28. The first-order chi connectivity index (χ1) is 8.78. The van der Waals surface area contributed by atoms with Crippen LogP contribution in [0.1, 0.15) is 37.7 Å². The van der Waals surface area contributed by atoms with Crippen LogP contribution in [0.3, 0.4) is 0 Å². The molecule has 100 valence electrons. The summed E-state index contributed by atoms with van der Waals surface area (Å²) in [5.41, 5.74) is 7.35. The quantitative estimate of drug-likeness (QED) is 0.860. The number of hydrogen-bond donors (Lipinski definition) is 2. The zero-order valence-corrected chi connectivity index (χ0v) is 11.2. The molecule has 3 heteroatoms. The summed E-state index contributed by atoms with van der Waals surface area (Å²) in [4.78, 5) is 0. The molecule has 0 spiro atoms. The third-order valence-corrected chi connectivity index (χ3v) is 3.68. The van der Waals surface area contributed by atoms with Gasteiger partial charge in [-0.15, -0.1) is 0 Å². The van der Waals surface area contributed by atoms with Crippen LogP contribution in [-0.2, 0) is 6.42 Å². The van der Waals surface area contributed by atoms with Crippen LogP contribution in [0.4, 0.5) is 0 Å². The lowest BCUT2D eigenvalue weighted by Crippen LogP contribution is -2.42. The Labute approximate surface area is 110 Å². The maximum Gasteiger partial charge on any atom is 0.119 e. The van der Waals surface area contributed by atoms with E-state index in [0.29, 0.717) is 6.04 Å². The van der Waals surface area contributed by atoms with Crippen LogP contribution in [-0.4, -0.2) is 19.3 Å². The number of nitrogens with one attached hydrogen (secondary N) is 1. The van der Waals surface area contributed by atoms with Crippen molar-refractivity contribution in [3.8, 4) is 5.75 Å². The number of nitrogens with two attached hydrogens (primary N) is 1. The Kier molecular flexibility index (Phi) is 5.02. The van der Waals surface area contributed by atoms with E-state index in [1.165, 1.54) is 24.8 Å². The van der Waals surface area contributed by atoms with E-state index >= 15 is 0 Å². The molecule has 0 saturated carbocycles. The van der Waals surface area contributed by atoms with Crippen molar-refractivity contribution < 1.29 is 4.74 Å². The van der Waals surface area contributed by atoms with E-state index in [1.807, 2.05) is 6.07 Å². The monoisotopic (exact) mass is 248 g/mol. The number of hydrogen-bond acceptors (Lipinski definition) is 3. The van der Waals surface area contributed by atoms with Gasteiger partial charge in [0.2, 0.25) is 0 Å². The molecule has 3 nitrogen and oxygen atoms in total. The zero-order chi connectivity index (χ0) is 12.8. The zero-order valence-electron chi connectivity index (χ0n) is 11.2. The van der Waals surface area contributed by atoms with Gasteiger partial charge < -0.3 is 10.5 Å². The predicted molar refractivity (Wildman–Crippen MR) is 74.7 cm³/mol. The average molecular weight is 248 g/mol. The fourth-order valence-electron chi connectivity index (χ4n) is 2.62. The number of aryl methyl sites for hydroxylation is 1. The molecule has 18 heavy (non-hydrogen) atoms. The molecular formula is C15H24N2O. The topological polar surface area (TPSA) is 47.3 Å². The van der Waals surface area contributed by atoms with Crippen molar-refractivity contribution in [2.45, 2.75) is 50.7 Å². The van der Waals surface area contributed by atoms with Crippen molar-refractivity contribution in [1.29, 1.82) is 0 Å². The van der Waals surface area contributed by atoms with Crippen molar-refractivity contribution >= 4 is 0 Å². The normalized spacial score (nSPS) is 24.6. The van der Waals surface area contributed by atoms with E-state index in [4.69, 9.17) is 10.5 Å². The minimum absolute atomic E-state index is 0.183. The number of rotatable bonds is 4. The Morgan fingerprint density at radius 1 is 1.33 bits per heavy atom. The fraction of sp³-hybridized carbons (Fsp3) is 0.600. The summed E-state index contributed by atoms with van der Waals surface area (Å²) < 4.78 is 5.25. The largest absolute Gasteiger partial charge is 0.497 e. The summed E-state index contributed by atoms with van der Waals surface area (Å²) in [7, 11) is 1.71. The molecule has 1 heterocycles. The summed E-state index contributed by atoms with van der Waals surface area (Å²) in [6.07, 6.45) is 7.33. The summed E-state index contributed by atoms with van der Waals surface area (Å²) in [5, 5.41) is 3.52. The van der Waals surface area contributed by atoms with Crippen molar-refractivity contribution in [2.24, 2.45) is 5.73 Å². The highest BCUT2D eigenvalue weighted by Gasteiger charge is 2.15. The third-order valence-electron chi connectivity index (χ3n) is 3.68. The van der Waals surface area contributed by atoms with Crippen LogP contribution in [0.25, 0.3) is 0 Å².